The average Bonchev–Trinajstić information content (AvgIpc) is 3.26. The Labute approximate surface area is 225 Å². The maximum absolute atomic E-state index is 13.2. The summed E-state index contributed by atoms with van der Waals surface area (Å²) in [4.78, 5) is 23.3. The van der Waals surface area contributed by atoms with Gasteiger partial charge in [0.25, 0.3) is 5.56 Å². The summed E-state index contributed by atoms with van der Waals surface area (Å²) < 4.78 is 12.9. The molecule has 1 N–H and O–H groups in total. The molecule has 0 unspecified atom stereocenters. The van der Waals surface area contributed by atoms with Crippen LogP contribution in [0.25, 0.3) is 16.7 Å². The zero-order valence-electron chi connectivity index (χ0n) is 20.8. The van der Waals surface area contributed by atoms with Crippen LogP contribution in [0.1, 0.15) is 36.8 Å². The molecule has 4 aromatic rings. The third-order valence-electron chi connectivity index (χ3n) is 6.38. The van der Waals surface area contributed by atoms with Gasteiger partial charge >= 0.3 is 0 Å². The lowest BCUT2D eigenvalue weighted by Crippen LogP contribution is -2.38. The Morgan fingerprint density at radius 3 is 2.46 bits per heavy atom. The summed E-state index contributed by atoms with van der Waals surface area (Å²) in [7, 11) is 0. The van der Waals surface area contributed by atoms with Crippen LogP contribution in [-0.2, 0) is 11.2 Å². The number of nitrogens with one attached hydrogen (secondary N) is 1. The number of para-hydroxylation sites is 1. The van der Waals surface area contributed by atoms with Gasteiger partial charge in [-0.25, -0.2) is 9.67 Å². The van der Waals surface area contributed by atoms with Crippen LogP contribution >= 0.6 is 23.2 Å². The molecule has 8 nitrogen and oxygen atoms in total. The van der Waals surface area contributed by atoms with E-state index < -0.39 is 0 Å². The highest BCUT2D eigenvalue weighted by molar-refractivity contribution is 6.37. The molecule has 0 saturated carbocycles. The van der Waals surface area contributed by atoms with E-state index in [4.69, 9.17) is 42.8 Å². The smallest absolute Gasteiger partial charge is 0.262 e. The van der Waals surface area contributed by atoms with Crippen LogP contribution in [0.15, 0.2) is 47.3 Å². The predicted octanol–water partition coefficient (Wildman–Crippen LogP) is 4.84. The minimum atomic E-state index is -0.235. The van der Waals surface area contributed by atoms with Crippen molar-refractivity contribution in [2.75, 3.05) is 39.5 Å². The van der Waals surface area contributed by atoms with Crippen LogP contribution in [0.5, 0.6) is 5.75 Å². The number of morpholine rings is 1. The number of aromatic nitrogens is 4. The van der Waals surface area contributed by atoms with Crippen molar-refractivity contribution in [1.29, 1.82) is 0 Å². The van der Waals surface area contributed by atoms with E-state index in [1.165, 1.54) is 0 Å². The molecule has 0 bridgehead atoms. The van der Waals surface area contributed by atoms with Crippen molar-refractivity contribution < 1.29 is 9.47 Å². The molecule has 0 radical (unpaired) electrons. The quantitative estimate of drug-likeness (QED) is 0.343. The molecule has 2 aromatic carbocycles. The second-order valence-corrected chi connectivity index (χ2v) is 10.2. The highest BCUT2D eigenvalue weighted by atomic mass is 35.5. The minimum absolute atomic E-state index is 0.00885. The van der Waals surface area contributed by atoms with Crippen molar-refractivity contribution in [3.8, 4) is 11.4 Å². The number of rotatable bonds is 8. The Bertz CT molecular complexity index is 1420. The molecule has 1 aliphatic heterocycles. The number of hydrogen-bond acceptors (Lipinski definition) is 6. The maximum Gasteiger partial charge on any atom is 0.262 e. The summed E-state index contributed by atoms with van der Waals surface area (Å²) >= 11 is 13.0. The first-order chi connectivity index (χ1) is 17.9. The topological polar surface area (TPSA) is 85.3 Å². The van der Waals surface area contributed by atoms with Gasteiger partial charge in [-0.05, 0) is 35.7 Å². The normalized spacial score (nSPS) is 14.5. The van der Waals surface area contributed by atoms with Gasteiger partial charge in [0.1, 0.15) is 29.3 Å². The van der Waals surface area contributed by atoms with Crippen LogP contribution in [0, 0.1) is 0 Å². The molecule has 37 heavy (non-hydrogen) atoms. The summed E-state index contributed by atoms with van der Waals surface area (Å²) in [5, 5.41) is 6.01. The Kier molecular flexibility index (Phi) is 7.81. The van der Waals surface area contributed by atoms with Crippen LogP contribution in [-0.4, -0.2) is 64.1 Å². The lowest BCUT2D eigenvalue weighted by atomic mass is 10.1. The van der Waals surface area contributed by atoms with Crippen molar-refractivity contribution >= 4 is 34.2 Å². The number of H-pyrrole nitrogens is 1. The number of halogens is 2. The van der Waals surface area contributed by atoms with Crippen LogP contribution in [0.4, 0.5) is 0 Å². The molecule has 1 aliphatic rings. The van der Waals surface area contributed by atoms with Crippen molar-refractivity contribution in [1.82, 2.24) is 24.6 Å². The fraction of sp³-hybridized carbons (Fsp3) is 0.370. The maximum atomic E-state index is 13.2. The van der Waals surface area contributed by atoms with E-state index in [0.717, 1.165) is 44.2 Å². The van der Waals surface area contributed by atoms with Crippen molar-refractivity contribution in [3.63, 3.8) is 0 Å². The molecule has 1 saturated heterocycles. The van der Waals surface area contributed by atoms with Crippen LogP contribution in [0.2, 0.25) is 10.0 Å². The van der Waals surface area contributed by atoms with E-state index in [1.807, 2.05) is 38.1 Å². The third kappa shape index (κ3) is 5.67. The van der Waals surface area contributed by atoms with Crippen LogP contribution < -0.4 is 10.3 Å². The molecule has 0 atom stereocenters. The molecule has 3 heterocycles. The monoisotopic (exact) mass is 541 g/mol. The van der Waals surface area contributed by atoms with Gasteiger partial charge in [-0.2, -0.15) is 5.10 Å². The second-order valence-electron chi connectivity index (χ2n) is 9.36. The van der Waals surface area contributed by atoms with Gasteiger partial charge in [0.15, 0.2) is 5.65 Å². The van der Waals surface area contributed by atoms with Crippen molar-refractivity contribution in [2.24, 2.45) is 0 Å². The molecule has 1 fully saturated rings. The third-order valence-corrected chi connectivity index (χ3v) is 6.99. The fourth-order valence-electron chi connectivity index (χ4n) is 4.45. The molecule has 5 rings (SSSR count). The van der Waals surface area contributed by atoms with Gasteiger partial charge in [0.05, 0.1) is 29.0 Å². The molecule has 194 valence electrons. The molecule has 10 heteroatoms. The van der Waals surface area contributed by atoms with E-state index in [-0.39, 0.29) is 11.5 Å². The molecule has 2 aromatic heterocycles. The number of fused-ring (bicyclic) bond motifs is 1. The highest BCUT2D eigenvalue weighted by Gasteiger charge is 2.22. The van der Waals surface area contributed by atoms with Gasteiger partial charge in [-0.15, -0.1) is 0 Å². The minimum Gasteiger partial charge on any atom is -0.492 e. The number of nitrogens with zero attached hydrogens (tertiary/aromatic N) is 4. The molecule has 0 aliphatic carbocycles. The van der Waals surface area contributed by atoms with E-state index in [1.54, 1.807) is 22.9 Å². The standard InChI is InChI=1S/C27H29Cl2N5O3/c1-17(2)24-23-26(34(32-24)25-20(28)4-3-5-21(25)29)30-22(31-27(23)35)16-18-6-8-19(9-7-18)37-15-12-33-10-13-36-14-11-33/h3-9,17H,10-16H2,1-2H3,(H,30,31,35). The lowest BCUT2D eigenvalue weighted by Gasteiger charge is -2.26. The summed E-state index contributed by atoms with van der Waals surface area (Å²) in [6.45, 7) is 8.91. The first kappa shape index (κ1) is 25.7. The van der Waals surface area contributed by atoms with Crippen molar-refractivity contribution in [3.05, 3.63) is 79.9 Å². The summed E-state index contributed by atoms with van der Waals surface area (Å²) in [6.07, 6.45) is 0.442. The van der Waals surface area contributed by atoms with Crippen molar-refractivity contribution in [2.45, 2.75) is 26.2 Å². The number of ether oxygens (including phenoxy) is 2. The van der Waals surface area contributed by atoms with Gasteiger partial charge in [0.2, 0.25) is 0 Å². The van der Waals surface area contributed by atoms with E-state index in [2.05, 4.69) is 9.88 Å². The average molecular weight is 542 g/mol. The molecular formula is C27H29Cl2N5O3. The number of aromatic amines is 1. The SMILES string of the molecule is CC(C)c1nn(-c2c(Cl)cccc2Cl)c2nc(Cc3ccc(OCCN4CCOCC4)cc3)[nH]c(=O)c12. The Morgan fingerprint density at radius 2 is 1.78 bits per heavy atom. The zero-order valence-corrected chi connectivity index (χ0v) is 22.3. The summed E-state index contributed by atoms with van der Waals surface area (Å²) in [5.74, 6) is 1.34. The van der Waals surface area contributed by atoms with E-state index in [9.17, 15) is 4.79 Å². The molecular weight excluding hydrogens is 513 g/mol. The number of benzene rings is 2. The Balaban J connectivity index is 1.39. The Hall–Kier alpha value is -2.91. The van der Waals surface area contributed by atoms with Crippen LogP contribution in [0.3, 0.4) is 0 Å². The van der Waals surface area contributed by atoms with Gasteiger partial charge in [0, 0.05) is 26.1 Å². The zero-order chi connectivity index (χ0) is 25.9. The molecule has 0 amide bonds. The van der Waals surface area contributed by atoms with Gasteiger partial charge in [-0.1, -0.05) is 55.2 Å². The second kappa shape index (κ2) is 11.2. The Morgan fingerprint density at radius 1 is 1.08 bits per heavy atom. The summed E-state index contributed by atoms with van der Waals surface area (Å²) in [6, 6.07) is 13.1. The molecule has 0 spiro atoms. The highest BCUT2D eigenvalue weighted by Crippen LogP contribution is 2.32. The van der Waals surface area contributed by atoms with E-state index in [0.29, 0.717) is 51.3 Å². The van der Waals surface area contributed by atoms with E-state index >= 15 is 0 Å². The van der Waals surface area contributed by atoms with Gasteiger partial charge < -0.3 is 14.5 Å². The summed E-state index contributed by atoms with van der Waals surface area (Å²) in [5.41, 5.74) is 2.34. The number of hydrogen-bond donors (Lipinski definition) is 1. The first-order valence-corrected chi connectivity index (χ1v) is 13.1. The first-order valence-electron chi connectivity index (χ1n) is 12.4. The largest absolute Gasteiger partial charge is 0.492 e. The van der Waals surface area contributed by atoms with Gasteiger partial charge in [-0.3, -0.25) is 9.69 Å². The fourth-order valence-corrected chi connectivity index (χ4v) is 5.00. The lowest BCUT2D eigenvalue weighted by molar-refractivity contribution is 0.0322. The predicted molar refractivity (Wildman–Crippen MR) is 146 cm³/mol.